The fraction of sp³-hybridized carbons (Fsp3) is 0.260. The van der Waals surface area contributed by atoms with Crippen LogP contribution in [-0.4, -0.2) is 11.4 Å². The Bertz CT molecular complexity index is 4250. The highest BCUT2D eigenvalue weighted by atomic mass is 32.1. The van der Waals surface area contributed by atoms with Crippen molar-refractivity contribution >= 4 is 99.5 Å². The summed E-state index contributed by atoms with van der Waals surface area (Å²) in [5, 5.41) is 5.30. The molecule has 78 heavy (non-hydrogen) atoms. The van der Waals surface area contributed by atoms with Crippen molar-refractivity contribution in [2.24, 2.45) is 0 Å². The molecule has 0 fully saturated rings. The van der Waals surface area contributed by atoms with Gasteiger partial charge in [0.25, 0.3) is 0 Å². The fourth-order valence-electron chi connectivity index (χ4n) is 13.7. The first-order valence-corrected chi connectivity index (χ1v) is 29.1. The number of aromatic nitrogens is 1. The van der Waals surface area contributed by atoms with Crippen molar-refractivity contribution < 1.29 is 0 Å². The van der Waals surface area contributed by atoms with Crippen molar-refractivity contribution in [3.05, 3.63) is 203 Å². The van der Waals surface area contributed by atoms with Gasteiger partial charge in [0, 0.05) is 76.0 Å². The van der Waals surface area contributed by atoms with E-state index in [1.807, 2.05) is 11.3 Å². The van der Waals surface area contributed by atoms with E-state index in [9.17, 15) is 0 Å². The SMILES string of the molecule is CC(C)(C)c1ccc(N2B3c4cc(C(C)(C)C)ccc4-n4c5cc(N(c6ccc(C(C)(C)C)cc6)c6ccc(C(C)(C)C)cc6)ccc5c5c6c(c(c3c54)-c3cc4c(cc32)sc2ccccc24)-c2ccccc2C6(C)C)cc1. The van der Waals surface area contributed by atoms with Crippen molar-refractivity contribution in [1.29, 1.82) is 0 Å². The van der Waals surface area contributed by atoms with E-state index in [1.54, 1.807) is 0 Å². The summed E-state index contributed by atoms with van der Waals surface area (Å²) in [7, 11) is 0. The van der Waals surface area contributed by atoms with E-state index in [2.05, 4.69) is 281 Å². The third-order valence-electron chi connectivity index (χ3n) is 18.0. The Balaban J connectivity index is 1.15. The number of hydrogen-bond acceptors (Lipinski definition) is 3. The van der Waals surface area contributed by atoms with Crippen LogP contribution >= 0.6 is 11.3 Å². The van der Waals surface area contributed by atoms with Gasteiger partial charge in [0.2, 0.25) is 0 Å². The second-order valence-corrected chi connectivity index (χ2v) is 28.5. The fourth-order valence-corrected chi connectivity index (χ4v) is 14.9. The molecular formula is C73H70BN3S. The molecule has 0 saturated heterocycles. The zero-order chi connectivity index (χ0) is 54.3. The predicted octanol–water partition coefficient (Wildman–Crippen LogP) is 19.4. The second kappa shape index (κ2) is 16.4. The van der Waals surface area contributed by atoms with Crippen LogP contribution in [0.25, 0.3) is 69.9 Å². The Morgan fingerprint density at radius 2 is 1.03 bits per heavy atom. The Hall–Kier alpha value is -7.34. The largest absolute Gasteiger partial charge is 0.376 e. The van der Waals surface area contributed by atoms with E-state index in [4.69, 9.17) is 0 Å². The summed E-state index contributed by atoms with van der Waals surface area (Å²) in [6.07, 6.45) is 0. The van der Waals surface area contributed by atoms with Crippen LogP contribution in [0.5, 0.6) is 0 Å². The number of nitrogens with zero attached hydrogens (tertiary/aromatic N) is 3. The molecule has 0 amide bonds. The minimum Gasteiger partial charge on any atom is -0.376 e. The highest BCUT2D eigenvalue weighted by Crippen LogP contribution is 2.60. The van der Waals surface area contributed by atoms with Crippen LogP contribution in [0.2, 0.25) is 0 Å². The van der Waals surface area contributed by atoms with Crippen molar-refractivity contribution in [2.75, 3.05) is 9.71 Å². The van der Waals surface area contributed by atoms with Gasteiger partial charge in [-0.3, -0.25) is 0 Å². The molecular weight excluding hydrogens is 962 g/mol. The predicted molar refractivity (Wildman–Crippen MR) is 340 cm³/mol. The molecule has 2 aliphatic heterocycles. The van der Waals surface area contributed by atoms with Crippen LogP contribution in [0.3, 0.4) is 0 Å². The van der Waals surface area contributed by atoms with Gasteiger partial charge in [-0.05, 0) is 155 Å². The zero-order valence-corrected chi connectivity index (χ0v) is 48.8. The summed E-state index contributed by atoms with van der Waals surface area (Å²) in [5.41, 5.74) is 25.7. The first kappa shape index (κ1) is 49.0. The number of fused-ring (bicyclic) bond motifs is 16. The number of benzene rings is 9. The Kier molecular flexibility index (Phi) is 10.3. The smallest absolute Gasteiger partial charge is 0.333 e. The highest BCUT2D eigenvalue weighted by Gasteiger charge is 2.50. The van der Waals surface area contributed by atoms with Gasteiger partial charge >= 0.3 is 6.85 Å². The van der Waals surface area contributed by atoms with Gasteiger partial charge in [-0.25, -0.2) is 0 Å². The lowest BCUT2D eigenvalue weighted by molar-refractivity contribution is 0.590. The Morgan fingerprint density at radius 3 is 1.65 bits per heavy atom. The molecule has 2 aromatic heterocycles. The first-order valence-electron chi connectivity index (χ1n) is 28.3. The monoisotopic (exact) mass is 1030 g/mol. The minimum atomic E-state index is -0.292. The molecule has 4 heterocycles. The van der Waals surface area contributed by atoms with E-state index >= 15 is 0 Å². The molecule has 0 atom stereocenters. The van der Waals surface area contributed by atoms with Gasteiger partial charge in [-0.1, -0.05) is 194 Å². The first-order chi connectivity index (χ1) is 37.0. The van der Waals surface area contributed by atoms with Gasteiger partial charge < -0.3 is 14.3 Å². The molecule has 386 valence electrons. The highest BCUT2D eigenvalue weighted by molar-refractivity contribution is 7.25. The average molecular weight is 1030 g/mol. The molecule has 11 aromatic rings. The van der Waals surface area contributed by atoms with Gasteiger partial charge in [-0.2, -0.15) is 0 Å². The topological polar surface area (TPSA) is 11.4 Å². The standard InChI is InChI=1S/C73H70BN3S/c1-69(2,3)43-23-30-47(31-24-43)75(48-32-25-44(26-33-48)70(4,5)6)50-36-37-53-59(40-50)76-58-38-29-46(72(10,11)12)39-57(58)74-67-64(63-52-20-15-17-21-56(52)73(13,14)66(63)65(53)68(67)76)55-41-54-51-19-16-18-22-61(51)78-62(54)42-60(55)77(74)49-34-27-45(28-35-49)71(7,8)9/h15-42H,1-14H3. The molecule has 3 nitrogen and oxygen atoms in total. The Morgan fingerprint density at radius 1 is 0.462 bits per heavy atom. The minimum absolute atomic E-state index is 0.0151. The summed E-state index contributed by atoms with van der Waals surface area (Å²) in [4.78, 5) is 5.22. The van der Waals surface area contributed by atoms with E-state index in [0.29, 0.717) is 0 Å². The molecule has 0 unspecified atom stereocenters. The van der Waals surface area contributed by atoms with Crippen LogP contribution in [0.1, 0.15) is 130 Å². The van der Waals surface area contributed by atoms with Crippen molar-refractivity contribution in [3.8, 4) is 27.9 Å². The molecule has 0 spiro atoms. The molecule has 5 heteroatoms. The van der Waals surface area contributed by atoms with Crippen molar-refractivity contribution in [1.82, 2.24) is 4.57 Å². The number of anilines is 5. The van der Waals surface area contributed by atoms with Crippen LogP contribution in [-0.2, 0) is 27.1 Å². The van der Waals surface area contributed by atoms with E-state index in [1.165, 1.54) is 126 Å². The summed E-state index contributed by atoms with van der Waals surface area (Å²) in [5.74, 6) is 0. The molecule has 0 bridgehead atoms. The van der Waals surface area contributed by atoms with Gasteiger partial charge in [0.1, 0.15) is 0 Å². The van der Waals surface area contributed by atoms with Crippen LogP contribution in [0.15, 0.2) is 170 Å². The van der Waals surface area contributed by atoms with Gasteiger partial charge in [-0.15, -0.1) is 11.3 Å². The number of rotatable bonds is 4. The molecule has 0 radical (unpaired) electrons. The van der Waals surface area contributed by atoms with Crippen LogP contribution < -0.4 is 20.6 Å². The van der Waals surface area contributed by atoms with Gasteiger partial charge in [0.05, 0.1) is 11.0 Å². The molecule has 0 saturated carbocycles. The summed E-state index contributed by atoms with van der Waals surface area (Å²) in [6.45, 7) is 32.7. The molecule has 14 rings (SSSR count). The van der Waals surface area contributed by atoms with Crippen molar-refractivity contribution in [2.45, 2.75) is 124 Å². The number of hydrogen-bond donors (Lipinski definition) is 0. The van der Waals surface area contributed by atoms with Crippen molar-refractivity contribution in [3.63, 3.8) is 0 Å². The normalized spacial score (nSPS) is 14.6. The third kappa shape index (κ3) is 7.08. The summed E-state index contributed by atoms with van der Waals surface area (Å²) >= 11 is 1.92. The summed E-state index contributed by atoms with van der Waals surface area (Å²) in [6, 6.07) is 66.5. The quantitative estimate of drug-likeness (QED) is 0.163. The second-order valence-electron chi connectivity index (χ2n) is 27.5. The van der Waals surface area contributed by atoms with E-state index in [-0.39, 0.29) is 33.9 Å². The lowest BCUT2D eigenvalue weighted by atomic mass is 9.43. The number of thiophene rings is 1. The average Bonchev–Trinajstić information content (AvgIpc) is 3.90. The maximum Gasteiger partial charge on any atom is 0.333 e. The Labute approximate surface area is 466 Å². The third-order valence-corrected chi connectivity index (χ3v) is 19.1. The maximum atomic E-state index is 2.74. The van der Waals surface area contributed by atoms with Crippen LogP contribution in [0.4, 0.5) is 28.4 Å². The molecule has 9 aromatic carbocycles. The molecule has 3 aliphatic rings. The van der Waals surface area contributed by atoms with Crippen LogP contribution in [0, 0.1) is 0 Å². The molecule has 1 aliphatic carbocycles. The van der Waals surface area contributed by atoms with Gasteiger partial charge in [0.15, 0.2) is 0 Å². The molecule has 0 N–H and O–H groups in total. The lowest BCUT2D eigenvalue weighted by Gasteiger charge is -2.43. The van der Waals surface area contributed by atoms with E-state index < -0.39 is 0 Å². The van der Waals surface area contributed by atoms with E-state index in [0.717, 1.165) is 17.1 Å². The zero-order valence-electron chi connectivity index (χ0n) is 48.0. The maximum absolute atomic E-state index is 2.74. The summed E-state index contributed by atoms with van der Waals surface area (Å²) < 4.78 is 5.35. The lowest BCUT2D eigenvalue weighted by Crippen LogP contribution is -2.61.